The van der Waals surface area contributed by atoms with Gasteiger partial charge >= 0.3 is 0 Å². The van der Waals surface area contributed by atoms with Gasteiger partial charge in [-0.25, -0.2) is 4.99 Å². The highest BCUT2D eigenvalue weighted by molar-refractivity contribution is 6.38. The maximum Gasteiger partial charge on any atom is 0.201 e. The average molecular weight is 365 g/mol. The number of carbonyl (C=O) groups is 1. The normalized spacial score (nSPS) is 23.0. The number of nitrogens with zero attached hydrogens (tertiary/aromatic N) is 3. The number of ketones is 1. The number of aliphatic imine (C=N–C) groups is 3. The fourth-order valence-electron chi connectivity index (χ4n) is 3.28. The molecule has 0 aliphatic carbocycles. The van der Waals surface area contributed by atoms with Gasteiger partial charge in [-0.3, -0.25) is 14.8 Å². The molecule has 3 heterocycles. The van der Waals surface area contributed by atoms with Crippen LogP contribution in [0.3, 0.4) is 0 Å². The minimum atomic E-state index is -0.714. The third-order valence-electron chi connectivity index (χ3n) is 4.64. The number of rotatable bonds is 3. The molecule has 2 N–H and O–H groups in total. The molecule has 0 fully saturated rings. The number of guanidine groups is 1. The first-order chi connectivity index (χ1) is 13.1. The molecule has 1 spiro atoms. The lowest BCUT2D eigenvalue weighted by molar-refractivity contribution is -0.117. The van der Waals surface area contributed by atoms with Crippen LogP contribution in [0.5, 0.6) is 11.5 Å². The molecule has 1 atom stereocenters. The zero-order valence-corrected chi connectivity index (χ0v) is 15.0. The van der Waals surface area contributed by atoms with Crippen LogP contribution in [-0.4, -0.2) is 50.0 Å². The van der Waals surface area contributed by atoms with Crippen molar-refractivity contribution in [2.24, 2.45) is 15.0 Å². The number of ether oxygens (including phenoxy) is 2. The van der Waals surface area contributed by atoms with Crippen molar-refractivity contribution in [2.45, 2.75) is 12.0 Å². The predicted molar refractivity (Wildman–Crippen MR) is 104 cm³/mol. The third kappa shape index (κ3) is 2.99. The van der Waals surface area contributed by atoms with Crippen LogP contribution in [0.4, 0.5) is 5.69 Å². The summed E-state index contributed by atoms with van der Waals surface area (Å²) in [5, 5.41) is 6.62. The van der Waals surface area contributed by atoms with E-state index in [0.29, 0.717) is 29.6 Å². The minimum absolute atomic E-state index is 0.0534. The van der Waals surface area contributed by atoms with E-state index in [1.807, 2.05) is 24.3 Å². The van der Waals surface area contributed by atoms with Gasteiger partial charge in [0, 0.05) is 30.6 Å². The van der Waals surface area contributed by atoms with E-state index in [1.165, 1.54) is 0 Å². The van der Waals surface area contributed by atoms with Crippen molar-refractivity contribution >= 4 is 29.4 Å². The Morgan fingerprint density at radius 3 is 2.89 bits per heavy atom. The molecule has 0 bridgehead atoms. The van der Waals surface area contributed by atoms with E-state index in [0.717, 1.165) is 11.3 Å². The van der Waals surface area contributed by atoms with Gasteiger partial charge in [0.25, 0.3) is 0 Å². The van der Waals surface area contributed by atoms with Gasteiger partial charge in [0.15, 0.2) is 17.3 Å². The van der Waals surface area contributed by atoms with Crippen LogP contribution in [0.1, 0.15) is 6.42 Å². The Balaban J connectivity index is 1.66. The summed E-state index contributed by atoms with van der Waals surface area (Å²) in [6, 6.07) is 5.50. The SMILES string of the molecule is COc1ccc(NC2=NC=C3CC(=O)CN=C4C=NC=CC34N2)cc1OC. The van der Waals surface area contributed by atoms with Gasteiger partial charge in [0.05, 0.1) is 32.7 Å². The van der Waals surface area contributed by atoms with Crippen LogP contribution >= 0.6 is 0 Å². The zero-order chi connectivity index (χ0) is 18.9. The number of hydrogen-bond donors (Lipinski definition) is 2. The van der Waals surface area contributed by atoms with E-state index in [9.17, 15) is 4.79 Å². The van der Waals surface area contributed by atoms with Crippen molar-refractivity contribution < 1.29 is 14.3 Å². The van der Waals surface area contributed by atoms with E-state index < -0.39 is 5.54 Å². The Bertz CT molecular complexity index is 945. The van der Waals surface area contributed by atoms with Crippen LogP contribution in [0.15, 0.2) is 57.2 Å². The molecular formula is C19H19N5O3. The zero-order valence-electron chi connectivity index (χ0n) is 15.0. The maximum absolute atomic E-state index is 12.0. The Kier molecular flexibility index (Phi) is 4.23. The number of hydrogen-bond acceptors (Lipinski definition) is 8. The molecule has 0 saturated heterocycles. The van der Waals surface area contributed by atoms with Crippen molar-refractivity contribution in [3.63, 3.8) is 0 Å². The van der Waals surface area contributed by atoms with Crippen LogP contribution < -0.4 is 20.1 Å². The van der Waals surface area contributed by atoms with E-state index in [1.54, 1.807) is 32.8 Å². The summed E-state index contributed by atoms with van der Waals surface area (Å²) < 4.78 is 10.6. The molecule has 0 aromatic heterocycles. The number of benzene rings is 1. The fraction of sp³-hybridized carbons (Fsp3) is 0.263. The first-order valence-electron chi connectivity index (χ1n) is 8.46. The predicted octanol–water partition coefficient (Wildman–Crippen LogP) is 1.71. The van der Waals surface area contributed by atoms with Crippen molar-refractivity contribution in [2.75, 3.05) is 26.1 Å². The third-order valence-corrected chi connectivity index (χ3v) is 4.64. The van der Waals surface area contributed by atoms with Crippen LogP contribution in [0, 0.1) is 0 Å². The Hall–Kier alpha value is -3.42. The summed E-state index contributed by atoms with van der Waals surface area (Å²) in [7, 11) is 3.18. The van der Waals surface area contributed by atoms with Gasteiger partial charge in [-0.05, 0) is 23.8 Å². The van der Waals surface area contributed by atoms with Gasteiger partial charge in [-0.15, -0.1) is 0 Å². The minimum Gasteiger partial charge on any atom is -0.493 e. The largest absolute Gasteiger partial charge is 0.493 e. The van der Waals surface area contributed by atoms with Gasteiger partial charge in [0.2, 0.25) is 5.96 Å². The van der Waals surface area contributed by atoms with Gasteiger partial charge in [0.1, 0.15) is 5.54 Å². The van der Waals surface area contributed by atoms with E-state index in [4.69, 9.17) is 9.47 Å². The summed E-state index contributed by atoms with van der Waals surface area (Å²) in [6.45, 7) is 0.147. The van der Waals surface area contributed by atoms with Crippen molar-refractivity contribution in [3.05, 3.63) is 42.2 Å². The van der Waals surface area contributed by atoms with E-state index in [-0.39, 0.29) is 12.3 Å². The average Bonchev–Trinajstić information content (AvgIpc) is 2.83. The van der Waals surface area contributed by atoms with Gasteiger partial charge < -0.3 is 20.1 Å². The maximum atomic E-state index is 12.0. The highest BCUT2D eigenvalue weighted by Crippen LogP contribution is 2.32. The summed E-state index contributed by atoms with van der Waals surface area (Å²) in [6.07, 6.45) is 7.31. The molecule has 27 heavy (non-hydrogen) atoms. The molecule has 8 heteroatoms. The van der Waals surface area contributed by atoms with Gasteiger partial charge in [-0.2, -0.15) is 0 Å². The molecule has 3 aliphatic rings. The summed E-state index contributed by atoms with van der Waals surface area (Å²) >= 11 is 0. The highest BCUT2D eigenvalue weighted by Gasteiger charge is 2.42. The summed E-state index contributed by atoms with van der Waals surface area (Å²) in [4.78, 5) is 25.1. The second-order valence-electron chi connectivity index (χ2n) is 6.27. The summed E-state index contributed by atoms with van der Waals surface area (Å²) in [5.74, 6) is 1.84. The lowest BCUT2D eigenvalue weighted by Gasteiger charge is -2.37. The van der Waals surface area contributed by atoms with Crippen molar-refractivity contribution in [1.82, 2.24) is 5.32 Å². The quantitative estimate of drug-likeness (QED) is 0.850. The topological polar surface area (TPSA) is 96.7 Å². The lowest BCUT2D eigenvalue weighted by atomic mass is 9.82. The van der Waals surface area contributed by atoms with Crippen LogP contribution in [0.2, 0.25) is 0 Å². The second-order valence-corrected chi connectivity index (χ2v) is 6.27. The molecule has 1 aromatic rings. The number of carbonyl (C=O) groups excluding carboxylic acids is 1. The number of nitrogens with one attached hydrogen (secondary N) is 2. The molecule has 8 nitrogen and oxygen atoms in total. The molecular weight excluding hydrogens is 346 g/mol. The monoisotopic (exact) mass is 365 g/mol. The molecule has 1 aromatic carbocycles. The number of anilines is 1. The van der Waals surface area contributed by atoms with E-state index in [2.05, 4.69) is 25.6 Å². The standard InChI is InChI=1S/C19H19N5O3/c1-26-15-4-3-13(8-16(15)27-2)23-18-22-9-12-7-14(25)10-21-17-11-20-6-5-19(12,17)24-18/h3-6,8-9,11H,7,10H2,1-2H3,(H2,22,23,24). The fourth-order valence-corrected chi connectivity index (χ4v) is 3.28. The first kappa shape index (κ1) is 17.0. The van der Waals surface area contributed by atoms with Crippen LogP contribution in [-0.2, 0) is 4.79 Å². The number of Topliss-reactive ketones (excluding diaryl/α,β-unsaturated/α-hetero) is 1. The van der Waals surface area contributed by atoms with Gasteiger partial charge in [-0.1, -0.05) is 0 Å². The molecule has 0 radical (unpaired) electrons. The Morgan fingerprint density at radius 1 is 1.22 bits per heavy atom. The molecule has 3 aliphatic heterocycles. The smallest absolute Gasteiger partial charge is 0.201 e. The molecule has 1 unspecified atom stereocenters. The Morgan fingerprint density at radius 2 is 2.07 bits per heavy atom. The van der Waals surface area contributed by atoms with Crippen molar-refractivity contribution in [3.8, 4) is 11.5 Å². The lowest BCUT2D eigenvalue weighted by Crippen LogP contribution is -2.58. The highest BCUT2D eigenvalue weighted by atomic mass is 16.5. The number of methoxy groups -OCH3 is 2. The first-order valence-corrected chi connectivity index (χ1v) is 8.46. The molecule has 4 rings (SSSR count). The Labute approximate surface area is 156 Å². The van der Waals surface area contributed by atoms with Crippen molar-refractivity contribution in [1.29, 1.82) is 0 Å². The second kappa shape index (κ2) is 6.71. The summed E-state index contributed by atoms with van der Waals surface area (Å²) in [5.41, 5.74) is 1.62. The molecule has 0 saturated carbocycles. The van der Waals surface area contributed by atoms with Crippen LogP contribution in [0.25, 0.3) is 0 Å². The van der Waals surface area contributed by atoms with E-state index >= 15 is 0 Å². The molecule has 138 valence electrons. The molecule has 0 amide bonds.